The van der Waals surface area contributed by atoms with Crippen molar-refractivity contribution in [2.45, 2.75) is 25.8 Å². The van der Waals surface area contributed by atoms with Crippen molar-refractivity contribution in [3.63, 3.8) is 0 Å². The summed E-state index contributed by atoms with van der Waals surface area (Å²) in [7, 11) is 1.64. The first-order valence-electron chi connectivity index (χ1n) is 8.47. The Bertz CT molecular complexity index is 588. The van der Waals surface area contributed by atoms with E-state index in [2.05, 4.69) is 15.6 Å². The van der Waals surface area contributed by atoms with Crippen LogP contribution in [-0.4, -0.2) is 66.4 Å². The number of hydrogen-bond acceptors (Lipinski definition) is 5. The van der Waals surface area contributed by atoms with Gasteiger partial charge in [0.15, 0.2) is 0 Å². The Morgan fingerprint density at radius 1 is 1.44 bits per heavy atom. The molecule has 1 aliphatic heterocycles. The van der Waals surface area contributed by atoms with E-state index in [4.69, 9.17) is 9.84 Å². The van der Waals surface area contributed by atoms with Gasteiger partial charge in [-0.3, -0.25) is 4.79 Å². The second kappa shape index (κ2) is 9.22. The number of nitrogens with one attached hydrogen (secondary N) is 2. The molecule has 0 radical (unpaired) electrons. The highest BCUT2D eigenvalue weighted by Crippen LogP contribution is 2.16. The summed E-state index contributed by atoms with van der Waals surface area (Å²) in [5.41, 5.74) is 0.546. The van der Waals surface area contributed by atoms with Gasteiger partial charge in [0.1, 0.15) is 5.82 Å². The quantitative estimate of drug-likeness (QED) is 0.691. The number of methoxy groups -OCH3 is 1. The lowest BCUT2D eigenvalue weighted by atomic mass is 9.97. The third-order valence-corrected chi connectivity index (χ3v) is 4.27. The van der Waals surface area contributed by atoms with Crippen molar-refractivity contribution in [3.05, 3.63) is 23.9 Å². The number of nitrogens with zero attached hydrogens (tertiary/aromatic N) is 2. The van der Waals surface area contributed by atoms with Gasteiger partial charge in [0.25, 0.3) is 5.91 Å². The van der Waals surface area contributed by atoms with Gasteiger partial charge < -0.3 is 25.4 Å². The van der Waals surface area contributed by atoms with E-state index in [0.717, 1.165) is 12.8 Å². The van der Waals surface area contributed by atoms with Crippen molar-refractivity contribution in [1.82, 2.24) is 15.2 Å². The average molecular weight is 350 g/mol. The number of anilines is 1. The molecule has 0 saturated carbocycles. The second-order valence-corrected chi connectivity index (χ2v) is 6.35. The molecule has 1 atom stereocenters. The number of hydrogen-bond donors (Lipinski definition) is 3. The highest BCUT2D eigenvalue weighted by molar-refractivity contribution is 5.94. The minimum Gasteiger partial charge on any atom is -0.465 e. The average Bonchev–Trinajstić information content (AvgIpc) is 2.60. The number of piperidine rings is 1. The van der Waals surface area contributed by atoms with E-state index in [9.17, 15) is 9.59 Å². The Morgan fingerprint density at radius 2 is 2.16 bits per heavy atom. The zero-order chi connectivity index (χ0) is 18.2. The molecule has 8 heteroatoms. The Kier molecular flexibility index (Phi) is 7.00. The summed E-state index contributed by atoms with van der Waals surface area (Å²) in [6.07, 6.45) is 2.26. The Hall–Kier alpha value is -2.35. The molecular weight excluding hydrogens is 324 g/mol. The second-order valence-electron chi connectivity index (χ2n) is 6.35. The van der Waals surface area contributed by atoms with Crippen LogP contribution in [0.4, 0.5) is 10.6 Å². The molecule has 3 N–H and O–H groups in total. The summed E-state index contributed by atoms with van der Waals surface area (Å²) in [6, 6.07) is 3.48. The summed E-state index contributed by atoms with van der Waals surface area (Å²) >= 11 is 0. The maximum absolute atomic E-state index is 12.3. The molecule has 138 valence electrons. The number of pyridine rings is 1. The van der Waals surface area contributed by atoms with E-state index in [1.807, 2.05) is 6.92 Å². The highest BCUT2D eigenvalue weighted by atomic mass is 16.5. The van der Waals surface area contributed by atoms with Crippen LogP contribution in [0.5, 0.6) is 0 Å². The molecule has 0 spiro atoms. The van der Waals surface area contributed by atoms with Crippen molar-refractivity contribution < 1.29 is 19.4 Å². The fourth-order valence-corrected chi connectivity index (χ4v) is 2.86. The maximum atomic E-state index is 12.3. The monoisotopic (exact) mass is 350 g/mol. The molecule has 8 nitrogen and oxygen atoms in total. The minimum atomic E-state index is -0.873. The van der Waals surface area contributed by atoms with E-state index in [1.165, 1.54) is 4.90 Å². The molecule has 1 fully saturated rings. The molecule has 0 bridgehead atoms. The molecule has 1 unspecified atom stereocenters. The summed E-state index contributed by atoms with van der Waals surface area (Å²) in [5, 5.41) is 15.1. The maximum Gasteiger partial charge on any atom is 0.407 e. The van der Waals surface area contributed by atoms with Gasteiger partial charge in [-0.2, -0.15) is 0 Å². The molecule has 0 aromatic carbocycles. The lowest BCUT2D eigenvalue weighted by molar-refractivity contribution is 0.0928. The lowest BCUT2D eigenvalue weighted by Crippen LogP contribution is -2.40. The minimum absolute atomic E-state index is 0.0928. The van der Waals surface area contributed by atoms with Crippen molar-refractivity contribution in [2.75, 3.05) is 38.7 Å². The zero-order valence-electron chi connectivity index (χ0n) is 14.7. The van der Waals surface area contributed by atoms with E-state index in [-0.39, 0.29) is 11.9 Å². The standard InChI is InChI=1S/C17H26N4O4/c1-12(11-25-2)20-15-9-14(3-6-18-15)16(22)19-10-13-4-7-21(8-5-13)17(23)24/h3,6,9,12-13H,4-5,7-8,10-11H2,1-2H3,(H,18,20)(H,19,22)(H,23,24). The van der Waals surface area contributed by atoms with Crippen LogP contribution in [0.1, 0.15) is 30.1 Å². The number of aromatic nitrogens is 1. The Labute approximate surface area is 147 Å². The van der Waals surface area contributed by atoms with Crippen LogP contribution in [0.2, 0.25) is 0 Å². The third-order valence-electron chi connectivity index (χ3n) is 4.27. The van der Waals surface area contributed by atoms with Crippen molar-refractivity contribution in [1.29, 1.82) is 0 Å². The van der Waals surface area contributed by atoms with Gasteiger partial charge in [0, 0.05) is 44.5 Å². The summed E-state index contributed by atoms with van der Waals surface area (Å²) in [6.45, 7) is 4.12. The summed E-state index contributed by atoms with van der Waals surface area (Å²) in [4.78, 5) is 28.9. The predicted molar refractivity (Wildman–Crippen MR) is 93.9 cm³/mol. The highest BCUT2D eigenvalue weighted by Gasteiger charge is 2.22. The first-order chi connectivity index (χ1) is 12.0. The number of ether oxygens (including phenoxy) is 1. The van der Waals surface area contributed by atoms with Gasteiger partial charge in [0.2, 0.25) is 0 Å². The molecule has 1 aromatic rings. The van der Waals surface area contributed by atoms with Crippen molar-refractivity contribution in [3.8, 4) is 0 Å². The number of amides is 2. The van der Waals surface area contributed by atoms with Crippen LogP contribution in [0.25, 0.3) is 0 Å². The van der Waals surface area contributed by atoms with Crippen molar-refractivity contribution >= 4 is 17.8 Å². The van der Waals surface area contributed by atoms with Gasteiger partial charge in [0.05, 0.1) is 6.61 Å². The molecule has 2 heterocycles. The van der Waals surface area contributed by atoms with Crippen LogP contribution in [-0.2, 0) is 4.74 Å². The normalized spacial score (nSPS) is 16.3. The number of carboxylic acid groups (broad SMARTS) is 1. The van der Waals surface area contributed by atoms with Gasteiger partial charge >= 0.3 is 6.09 Å². The molecule has 1 aromatic heterocycles. The number of carbonyl (C=O) groups is 2. The van der Waals surface area contributed by atoms with E-state index >= 15 is 0 Å². The molecule has 1 aliphatic rings. The van der Waals surface area contributed by atoms with Gasteiger partial charge in [-0.05, 0) is 37.8 Å². The summed E-state index contributed by atoms with van der Waals surface area (Å²) < 4.78 is 5.07. The number of likely N-dealkylation sites (tertiary alicyclic amines) is 1. The van der Waals surface area contributed by atoms with Crippen LogP contribution < -0.4 is 10.6 Å². The van der Waals surface area contributed by atoms with Crippen LogP contribution >= 0.6 is 0 Å². The molecule has 1 saturated heterocycles. The smallest absolute Gasteiger partial charge is 0.407 e. The zero-order valence-corrected chi connectivity index (χ0v) is 14.7. The summed E-state index contributed by atoms with van der Waals surface area (Å²) in [5.74, 6) is 0.790. The van der Waals surface area contributed by atoms with E-state index in [0.29, 0.717) is 43.5 Å². The molecule has 2 amide bonds. The first-order valence-corrected chi connectivity index (χ1v) is 8.47. The van der Waals surface area contributed by atoms with Crippen LogP contribution in [0.15, 0.2) is 18.3 Å². The first kappa shape index (κ1) is 19.0. The lowest BCUT2D eigenvalue weighted by Gasteiger charge is -2.30. The fraction of sp³-hybridized carbons (Fsp3) is 0.588. The van der Waals surface area contributed by atoms with Crippen molar-refractivity contribution in [2.24, 2.45) is 5.92 Å². The predicted octanol–water partition coefficient (Wildman–Crippen LogP) is 1.65. The molecule has 2 rings (SSSR count). The Balaban J connectivity index is 1.82. The largest absolute Gasteiger partial charge is 0.465 e. The van der Waals surface area contributed by atoms with Crippen LogP contribution in [0, 0.1) is 5.92 Å². The number of carbonyl (C=O) groups excluding carboxylic acids is 1. The number of rotatable bonds is 7. The molecule has 0 aliphatic carbocycles. The van der Waals surface area contributed by atoms with E-state index in [1.54, 1.807) is 25.4 Å². The molecular formula is C17H26N4O4. The van der Waals surface area contributed by atoms with Crippen LogP contribution in [0.3, 0.4) is 0 Å². The van der Waals surface area contributed by atoms with Gasteiger partial charge in [-0.15, -0.1) is 0 Å². The topological polar surface area (TPSA) is 104 Å². The Morgan fingerprint density at radius 3 is 2.80 bits per heavy atom. The van der Waals surface area contributed by atoms with Gasteiger partial charge in [-0.1, -0.05) is 0 Å². The van der Waals surface area contributed by atoms with Gasteiger partial charge in [-0.25, -0.2) is 9.78 Å². The fourth-order valence-electron chi connectivity index (χ4n) is 2.86. The van der Waals surface area contributed by atoms with E-state index < -0.39 is 6.09 Å². The molecule has 25 heavy (non-hydrogen) atoms. The third kappa shape index (κ3) is 5.90. The SMILES string of the molecule is COCC(C)Nc1cc(C(=O)NCC2CCN(C(=O)O)CC2)ccn1.